The van der Waals surface area contributed by atoms with Crippen molar-refractivity contribution in [1.29, 1.82) is 0 Å². The third-order valence-electron chi connectivity index (χ3n) is 4.19. The summed E-state index contributed by atoms with van der Waals surface area (Å²) >= 11 is 0. The van der Waals surface area contributed by atoms with E-state index in [1.54, 1.807) is 19.2 Å². The van der Waals surface area contributed by atoms with E-state index in [1.165, 1.54) is 6.07 Å². The number of carbonyl (C=O) groups excluding carboxylic acids is 1. The summed E-state index contributed by atoms with van der Waals surface area (Å²) in [4.78, 5) is 23.4. The molecule has 6 heteroatoms. The number of nitrogens with one attached hydrogen (secondary N) is 1. The van der Waals surface area contributed by atoms with Gasteiger partial charge in [-0.2, -0.15) is 0 Å². The number of amides is 1. The highest BCUT2D eigenvalue weighted by Gasteiger charge is 2.06. The quantitative estimate of drug-likeness (QED) is 0.650. The molecule has 0 aliphatic heterocycles. The Morgan fingerprint density at radius 1 is 1.07 bits per heavy atom. The molecule has 3 rings (SSSR count). The largest absolute Gasteiger partial charge is 0.497 e. The van der Waals surface area contributed by atoms with Gasteiger partial charge in [-0.05, 0) is 48.7 Å². The van der Waals surface area contributed by atoms with Crippen LogP contribution in [0.3, 0.4) is 0 Å². The molecule has 27 heavy (non-hydrogen) atoms. The minimum atomic E-state index is -0.409. The molecule has 1 N–H and O–H groups in total. The minimum Gasteiger partial charge on any atom is -0.497 e. The first-order valence-electron chi connectivity index (χ1n) is 8.62. The summed E-state index contributed by atoms with van der Waals surface area (Å²) < 4.78 is 15.8. The molecule has 3 aromatic rings. The van der Waals surface area contributed by atoms with E-state index in [9.17, 15) is 9.59 Å². The first-order chi connectivity index (χ1) is 13.0. The van der Waals surface area contributed by atoms with Crippen LogP contribution in [0.25, 0.3) is 11.0 Å². The Hall–Kier alpha value is -3.28. The van der Waals surface area contributed by atoms with Crippen LogP contribution in [0, 0.1) is 6.92 Å². The van der Waals surface area contributed by atoms with Crippen LogP contribution in [0.1, 0.15) is 11.1 Å². The molecule has 0 saturated carbocycles. The Morgan fingerprint density at radius 3 is 2.56 bits per heavy atom. The maximum Gasteiger partial charge on any atom is 0.336 e. The van der Waals surface area contributed by atoms with E-state index in [-0.39, 0.29) is 12.5 Å². The Balaban J connectivity index is 1.50. The summed E-state index contributed by atoms with van der Waals surface area (Å²) in [5.41, 5.74) is 1.98. The summed E-state index contributed by atoms with van der Waals surface area (Å²) in [6, 6.07) is 14.3. The lowest BCUT2D eigenvalue weighted by molar-refractivity contribution is -0.123. The second-order valence-electron chi connectivity index (χ2n) is 6.14. The highest BCUT2D eigenvalue weighted by Crippen LogP contribution is 2.22. The first kappa shape index (κ1) is 18.5. The zero-order valence-corrected chi connectivity index (χ0v) is 15.3. The fourth-order valence-electron chi connectivity index (χ4n) is 2.73. The van der Waals surface area contributed by atoms with E-state index in [4.69, 9.17) is 13.9 Å². The van der Waals surface area contributed by atoms with E-state index < -0.39 is 5.63 Å². The zero-order valence-electron chi connectivity index (χ0n) is 15.3. The van der Waals surface area contributed by atoms with Crippen molar-refractivity contribution in [3.8, 4) is 11.5 Å². The molecule has 1 aromatic heterocycles. The molecule has 1 amide bonds. The average Bonchev–Trinajstić information content (AvgIpc) is 2.66. The maximum atomic E-state index is 11.9. The van der Waals surface area contributed by atoms with E-state index >= 15 is 0 Å². The summed E-state index contributed by atoms with van der Waals surface area (Å²) in [5.74, 6) is 1.06. The van der Waals surface area contributed by atoms with Crippen LogP contribution in [-0.4, -0.2) is 26.2 Å². The molecule has 1 heterocycles. The second-order valence-corrected chi connectivity index (χ2v) is 6.14. The number of carbonyl (C=O) groups is 1. The molecule has 0 fully saturated rings. The van der Waals surface area contributed by atoms with Crippen LogP contribution in [0.4, 0.5) is 0 Å². The van der Waals surface area contributed by atoms with Gasteiger partial charge in [-0.3, -0.25) is 4.79 Å². The van der Waals surface area contributed by atoms with E-state index in [0.717, 1.165) is 28.7 Å². The van der Waals surface area contributed by atoms with E-state index in [2.05, 4.69) is 5.32 Å². The SMILES string of the molecule is COc1ccc(CCNC(=O)COc2ccc3c(C)cc(=O)oc3c2)cc1. The molecule has 0 aliphatic rings. The van der Waals surface area contributed by atoms with E-state index in [1.807, 2.05) is 37.3 Å². The number of fused-ring (bicyclic) bond motifs is 1. The van der Waals surface area contributed by atoms with Crippen molar-refractivity contribution in [1.82, 2.24) is 5.32 Å². The summed E-state index contributed by atoms with van der Waals surface area (Å²) in [6.45, 7) is 2.25. The number of methoxy groups -OCH3 is 1. The third-order valence-corrected chi connectivity index (χ3v) is 4.19. The molecule has 0 unspecified atom stereocenters. The third kappa shape index (κ3) is 4.88. The number of hydrogen-bond acceptors (Lipinski definition) is 5. The van der Waals surface area contributed by atoms with Gasteiger partial charge in [-0.1, -0.05) is 12.1 Å². The van der Waals surface area contributed by atoms with Crippen molar-refractivity contribution in [2.45, 2.75) is 13.3 Å². The molecule has 0 atom stereocenters. The Kier molecular flexibility index (Phi) is 5.76. The van der Waals surface area contributed by atoms with Crippen molar-refractivity contribution in [2.75, 3.05) is 20.3 Å². The minimum absolute atomic E-state index is 0.107. The number of aryl methyl sites for hydroxylation is 1. The summed E-state index contributed by atoms with van der Waals surface area (Å²) in [7, 11) is 1.62. The van der Waals surface area contributed by atoms with Crippen LogP contribution in [0.2, 0.25) is 0 Å². The van der Waals surface area contributed by atoms with Crippen LogP contribution < -0.4 is 20.4 Å². The Bertz CT molecular complexity index is 992. The number of rotatable bonds is 7. The molecular weight excluding hydrogens is 346 g/mol. The average molecular weight is 367 g/mol. The lowest BCUT2D eigenvalue weighted by atomic mass is 10.1. The van der Waals surface area contributed by atoms with Gasteiger partial charge in [-0.15, -0.1) is 0 Å². The van der Waals surface area contributed by atoms with Crippen molar-refractivity contribution < 1.29 is 18.7 Å². The van der Waals surface area contributed by atoms with Crippen LogP contribution in [-0.2, 0) is 11.2 Å². The highest BCUT2D eigenvalue weighted by atomic mass is 16.5. The van der Waals surface area contributed by atoms with Crippen molar-refractivity contribution >= 4 is 16.9 Å². The van der Waals surface area contributed by atoms with Gasteiger partial charge in [0.05, 0.1) is 7.11 Å². The molecular formula is C21H21NO5. The van der Waals surface area contributed by atoms with Crippen LogP contribution in [0.5, 0.6) is 11.5 Å². The fraction of sp³-hybridized carbons (Fsp3) is 0.238. The first-order valence-corrected chi connectivity index (χ1v) is 8.62. The van der Waals surface area contributed by atoms with Gasteiger partial charge >= 0.3 is 5.63 Å². The van der Waals surface area contributed by atoms with Gasteiger partial charge < -0.3 is 19.2 Å². The van der Waals surface area contributed by atoms with Crippen molar-refractivity contribution in [3.63, 3.8) is 0 Å². The van der Waals surface area contributed by atoms with Gasteiger partial charge in [0.15, 0.2) is 6.61 Å². The summed E-state index contributed by atoms with van der Waals surface area (Å²) in [6.07, 6.45) is 0.718. The normalized spacial score (nSPS) is 10.6. The fourth-order valence-corrected chi connectivity index (χ4v) is 2.73. The van der Waals surface area contributed by atoms with Crippen molar-refractivity contribution in [3.05, 3.63) is 70.1 Å². The van der Waals surface area contributed by atoms with Crippen molar-refractivity contribution in [2.24, 2.45) is 0 Å². The smallest absolute Gasteiger partial charge is 0.336 e. The van der Waals surface area contributed by atoms with Gasteiger partial charge in [0.1, 0.15) is 17.1 Å². The molecule has 0 aliphatic carbocycles. The molecule has 0 saturated heterocycles. The lowest BCUT2D eigenvalue weighted by Gasteiger charge is -2.09. The monoisotopic (exact) mass is 367 g/mol. The summed E-state index contributed by atoms with van der Waals surface area (Å²) in [5, 5.41) is 3.66. The van der Waals surface area contributed by atoms with Gasteiger partial charge in [0.2, 0.25) is 0 Å². The standard InChI is InChI=1S/C21H21NO5/c1-14-11-21(24)27-19-12-17(7-8-18(14)19)26-13-20(23)22-10-9-15-3-5-16(25-2)6-4-15/h3-8,11-12H,9-10,13H2,1-2H3,(H,22,23). The number of hydrogen-bond donors (Lipinski definition) is 1. The van der Waals surface area contributed by atoms with E-state index in [0.29, 0.717) is 17.9 Å². The Morgan fingerprint density at radius 2 is 1.81 bits per heavy atom. The zero-order chi connectivity index (χ0) is 19.2. The molecule has 6 nitrogen and oxygen atoms in total. The number of ether oxygens (including phenoxy) is 2. The van der Waals surface area contributed by atoms with Gasteiger partial charge in [0.25, 0.3) is 5.91 Å². The predicted octanol–water partition coefficient (Wildman–Crippen LogP) is 2.85. The molecule has 2 aromatic carbocycles. The van der Waals surface area contributed by atoms with Crippen LogP contribution in [0.15, 0.2) is 57.7 Å². The molecule has 140 valence electrons. The Labute approximate surface area is 156 Å². The number of benzene rings is 2. The lowest BCUT2D eigenvalue weighted by Crippen LogP contribution is -2.30. The molecule has 0 bridgehead atoms. The molecule has 0 radical (unpaired) electrons. The second kappa shape index (κ2) is 8.40. The van der Waals surface area contributed by atoms with Crippen LogP contribution >= 0.6 is 0 Å². The topological polar surface area (TPSA) is 77.8 Å². The highest BCUT2D eigenvalue weighted by molar-refractivity contribution is 5.81. The van der Waals surface area contributed by atoms with Gasteiger partial charge in [-0.25, -0.2) is 4.79 Å². The predicted molar refractivity (Wildman–Crippen MR) is 102 cm³/mol. The maximum absolute atomic E-state index is 11.9. The molecule has 0 spiro atoms. The van der Waals surface area contributed by atoms with Gasteiger partial charge in [0, 0.05) is 24.1 Å².